The molecular formula is C28H40ClN7O. The van der Waals surface area contributed by atoms with Crippen molar-refractivity contribution >= 4 is 34.1 Å². The number of piperidine rings is 1. The van der Waals surface area contributed by atoms with Gasteiger partial charge in [-0.05, 0) is 57.5 Å². The molecule has 2 aliphatic rings. The van der Waals surface area contributed by atoms with Crippen molar-refractivity contribution in [2.75, 3.05) is 69.2 Å². The number of likely N-dealkylation sites (tertiary alicyclic amines) is 1. The van der Waals surface area contributed by atoms with Crippen LogP contribution in [-0.2, 0) is 4.74 Å². The lowest BCUT2D eigenvalue weighted by molar-refractivity contribution is 0.0579. The zero-order chi connectivity index (χ0) is 25.8. The van der Waals surface area contributed by atoms with Crippen LogP contribution in [0.15, 0.2) is 30.5 Å². The molecule has 2 N–H and O–H groups in total. The Kier molecular flexibility index (Phi) is 8.49. The quantitative estimate of drug-likeness (QED) is 0.418. The van der Waals surface area contributed by atoms with Crippen LogP contribution in [-0.4, -0.2) is 95.9 Å². The summed E-state index contributed by atoms with van der Waals surface area (Å²) >= 11 is 6.59. The van der Waals surface area contributed by atoms with E-state index in [1.165, 1.54) is 5.69 Å². The molecule has 0 spiro atoms. The monoisotopic (exact) mass is 525 g/mol. The van der Waals surface area contributed by atoms with Crippen LogP contribution in [0.2, 0.25) is 5.02 Å². The molecule has 2 aliphatic heterocycles. The van der Waals surface area contributed by atoms with Crippen molar-refractivity contribution in [3.05, 3.63) is 35.5 Å². The normalized spacial score (nSPS) is 18.2. The fourth-order valence-corrected chi connectivity index (χ4v) is 5.47. The molecule has 4 heterocycles. The SMILES string of the molecule is CCN1CCC(Nc2c(Cl)cnc3[nH]c(-c4ccc(N5CCN(CCOC(C)C)CC5)cc4)nc23)CC1. The number of anilines is 2. The Morgan fingerprint density at radius 1 is 1.05 bits per heavy atom. The van der Waals surface area contributed by atoms with E-state index in [1.54, 1.807) is 6.20 Å². The molecule has 0 saturated carbocycles. The second-order valence-electron chi connectivity index (χ2n) is 10.4. The summed E-state index contributed by atoms with van der Waals surface area (Å²) in [5, 5.41) is 4.29. The summed E-state index contributed by atoms with van der Waals surface area (Å²) in [6.07, 6.45) is 4.22. The largest absolute Gasteiger partial charge is 0.379 e. The van der Waals surface area contributed by atoms with Crippen LogP contribution < -0.4 is 10.2 Å². The van der Waals surface area contributed by atoms with Crippen molar-refractivity contribution < 1.29 is 4.74 Å². The van der Waals surface area contributed by atoms with Crippen molar-refractivity contribution in [1.29, 1.82) is 0 Å². The van der Waals surface area contributed by atoms with Crippen LogP contribution in [0.25, 0.3) is 22.6 Å². The third kappa shape index (κ3) is 6.37. The highest BCUT2D eigenvalue weighted by Crippen LogP contribution is 2.32. The maximum absolute atomic E-state index is 6.59. The van der Waals surface area contributed by atoms with Crippen LogP contribution in [0.5, 0.6) is 0 Å². The lowest BCUT2D eigenvalue weighted by Gasteiger charge is -2.36. The highest BCUT2D eigenvalue weighted by atomic mass is 35.5. The van der Waals surface area contributed by atoms with Crippen molar-refractivity contribution in [2.24, 2.45) is 0 Å². The molecule has 2 saturated heterocycles. The molecule has 0 amide bonds. The number of imidazole rings is 1. The first kappa shape index (κ1) is 26.2. The first-order valence-electron chi connectivity index (χ1n) is 13.7. The van der Waals surface area contributed by atoms with Crippen molar-refractivity contribution in [2.45, 2.75) is 45.8 Å². The number of fused-ring (bicyclic) bond motifs is 1. The molecule has 3 aromatic rings. The summed E-state index contributed by atoms with van der Waals surface area (Å²) in [5.74, 6) is 0.815. The molecule has 0 bridgehead atoms. The van der Waals surface area contributed by atoms with E-state index in [0.29, 0.717) is 17.2 Å². The van der Waals surface area contributed by atoms with E-state index in [4.69, 9.17) is 21.3 Å². The Morgan fingerprint density at radius 3 is 2.46 bits per heavy atom. The van der Waals surface area contributed by atoms with Crippen molar-refractivity contribution in [3.63, 3.8) is 0 Å². The molecule has 1 aromatic carbocycles. The molecule has 5 rings (SSSR count). The zero-order valence-corrected chi connectivity index (χ0v) is 23.1. The minimum atomic E-state index is 0.297. The second-order valence-corrected chi connectivity index (χ2v) is 10.8. The molecule has 9 heteroatoms. The summed E-state index contributed by atoms with van der Waals surface area (Å²) in [5.41, 5.74) is 4.75. The Labute approximate surface area is 225 Å². The molecule has 0 unspecified atom stereocenters. The van der Waals surface area contributed by atoms with Gasteiger partial charge in [0.15, 0.2) is 5.65 Å². The minimum Gasteiger partial charge on any atom is -0.379 e. The van der Waals surface area contributed by atoms with Gasteiger partial charge >= 0.3 is 0 Å². The van der Waals surface area contributed by atoms with Crippen LogP contribution in [0, 0.1) is 0 Å². The van der Waals surface area contributed by atoms with Gasteiger partial charge in [-0.3, -0.25) is 4.90 Å². The number of hydrogen-bond acceptors (Lipinski definition) is 7. The topological polar surface area (TPSA) is 72.6 Å². The number of aromatic amines is 1. The Morgan fingerprint density at radius 2 is 1.78 bits per heavy atom. The number of benzene rings is 1. The van der Waals surface area contributed by atoms with Gasteiger partial charge in [0.1, 0.15) is 11.3 Å². The number of hydrogen-bond donors (Lipinski definition) is 2. The smallest absolute Gasteiger partial charge is 0.159 e. The van der Waals surface area contributed by atoms with E-state index < -0.39 is 0 Å². The second kappa shape index (κ2) is 12.0. The summed E-state index contributed by atoms with van der Waals surface area (Å²) in [6.45, 7) is 15.7. The fourth-order valence-electron chi connectivity index (χ4n) is 5.28. The van der Waals surface area contributed by atoms with Gasteiger partial charge < -0.3 is 24.8 Å². The molecule has 37 heavy (non-hydrogen) atoms. The van der Waals surface area contributed by atoms with E-state index in [0.717, 1.165) is 100 Å². The van der Waals surface area contributed by atoms with Crippen LogP contribution in [0.4, 0.5) is 11.4 Å². The molecule has 200 valence electrons. The molecule has 0 atom stereocenters. The van der Waals surface area contributed by atoms with Crippen LogP contribution in [0.1, 0.15) is 33.6 Å². The Balaban J connectivity index is 1.24. The number of piperazine rings is 1. The predicted octanol–water partition coefficient (Wildman–Crippen LogP) is 4.72. The van der Waals surface area contributed by atoms with E-state index in [-0.39, 0.29) is 0 Å². The Hall–Kier alpha value is -2.39. The van der Waals surface area contributed by atoms with Crippen molar-refractivity contribution in [1.82, 2.24) is 24.8 Å². The number of nitrogens with one attached hydrogen (secondary N) is 2. The predicted molar refractivity (Wildman–Crippen MR) is 153 cm³/mol. The maximum Gasteiger partial charge on any atom is 0.159 e. The summed E-state index contributed by atoms with van der Waals surface area (Å²) in [7, 11) is 0. The fraction of sp³-hybridized carbons (Fsp3) is 0.571. The standard InChI is InChI=1S/C28H40ClN7O/c1-4-34-11-9-22(10-12-34)31-25-24(29)19-30-28-26(25)32-27(33-28)21-5-7-23(8-6-21)36-15-13-35(14-16-36)17-18-37-20(2)3/h5-8,19-20,22H,4,9-18H2,1-3H3,(H2,30,31,32,33). The third-order valence-corrected chi connectivity index (χ3v) is 7.87. The summed E-state index contributed by atoms with van der Waals surface area (Å²) in [6, 6.07) is 9.08. The maximum atomic E-state index is 6.59. The average Bonchev–Trinajstić information content (AvgIpc) is 3.36. The van der Waals surface area contributed by atoms with Gasteiger partial charge in [-0.1, -0.05) is 18.5 Å². The molecule has 0 aliphatic carbocycles. The number of H-pyrrole nitrogens is 1. The van der Waals surface area contributed by atoms with Gasteiger partial charge in [-0.15, -0.1) is 0 Å². The minimum absolute atomic E-state index is 0.297. The number of pyridine rings is 1. The van der Waals surface area contributed by atoms with Gasteiger partial charge in [0.25, 0.3) is 0 Å². The average molecular weight is 526 g/mol. The van der Waals surface area contributed by atoms with Crippen molar-refractivity contribution in [3.8, 4) is 11.4 Å². The number of halogens is 1. The lowest BCUT2D eigenvalue weighted by Crippen LogP contribution is -2.47. The summed E-state index contributed by atoms with van der Waals surface area (Å²) < 4.78 is 5.71. The van der Waals surface area contributed by atoms with Crippen LogP contribution in [0.3, 0.4) is 0 Å². The first-order chi connectivity index (χ1) is 18.0. The van der Waals surface area contributed by atoms with E-state index >= 15 is 0 Å². The number of rotatable bonds is 9. The molecule has 2 fully saturated rings. The van der Waals surface area contributed by atoms with Gasteiger partial charge in [-0.2, -0.15) is 0 Å². The van der Waals surface area contributed by atoms with Crippen LogP contribution >= 0.6 is 11.6 Å². The van der Waals surface area contributed by atoms with Gasteiger partial charge in [0, 0.05) is 63.1 Å². The summed E-state index contributed by atoms with van der Waals surface area (Å²) in [4.78, 5) is 20.3. The van der Waals surface area contributed by atoms with E-state index in [1.807, 2.05) is 0 Å². The lowest BCUT2D eigenvalue weighted by atomic mass is 10.0. The van der Waals surface area contributed by atoms with Gasteiger partial charge in [-0.25, -0.2) is 9.97 Å². The third-order valence-electron chi connectivity index (χ3n) is 7.59. The number of ether oxygens (including phenoxy) is 1. The number of nitrogens with zero attached hydrogens (tertiary/aromatic N) is 5. The molecular weight excluding hydrogens is 486 g/mol. The first-order valence-corrected chi connectivity index (χ1v) is 14.1. The van der Waals surface area contributed by atoms with E-state index in [9.17, 15) is 0 Å². The zero-order valence-electron chi connectivity index (χ0n) is 22.3. The molecule has 2 aromatic heterocycles. The Bertz CT molecular complexity index is 1150. The van der Waals surface area contributed by atoms with Gasteiger partial charge in [0.2, 0.25) is 0 Å². The molecule has 8 nitrogen and oxygen atoms in total. The number of aromatic nitrogens is 3. The van der Waals surface area contributed by atoms with E-state index in [2.05, 4.69) is 75.0 Å². The highest BCUT2D eigenvalue weighted by Gasteiger charge is 2.22. The highest BCUT2D eigenvalue weighted by molar-refractivity contribution is 6.34. The van der Waals surface area contributed by atoms with Gasteiger partial charge in [0.05, 0.1) is 29.6 Å². The molecule has 0 radical (unpaired) electrons.